The minimum atomic E-state index is -3.65. The van der Waals surface area contributed by atoms with Crippen molar-refractivity contribution < 1.29 is 13.2 Å². The van der Waals surface area contributed by atoms with Crippen LogP contribution in [0, 0.1) is 6.92 Å². The molecule has 2 aromatic carbocycles. The summed E-state index contributed by atoms with van der Waals surface area (Å²) < 4.78 is 33.7. The second-order valence-electron chi connectivity index (χ2n) is 8.83. The van der Waals surface area contributed by atoms with Gasteiger partial charge in [0.25, 0.3) is 0 Å². The molecule has 182 valence electrons. The van der Waals surface area contributed by atoms with Gasteiger partial charge in [-0.05, 0) is 77.2 Å². The number of aromatic nitrogens is 2. The molecular weight excluding hydrogens is 452 g/mol. The summed E-state index contributed by atoms with van der Waals surface area (Å²) in [7, 11) is -1.77. The van der Waals surface area contributed by atoms with E-state index in [0.717, 1.165) is 23.5 Å². The predicted molar refractivity (Wildman–Crippen MR) is 136 cm³/mol. The number of hydrogen-bond acceptors (Lipinski definition) is 8. The van der Waals surface area contributed by atoms with Crippen molar-refractivity contribution in [3.63, 3.8) is 0 Å². The van der Waals surface area contributed by atoms with Gasteiger partial charge in [0.05, 0.1) is 4.90 Å². The van der Waals surface area contributed by atoms with Crippen molar-refractivity contribution in [3.8, 4) is 5.75 Å². The average molecular weight is 485 g/mol. The molecule has 3 rings (SSSR count). The fraction of sp³-hybridized carbons (Fsp3) is 0.333. The summed E-state index contributed by atoms with van der Waals surface area (Å²) in [5, 5.41) is 9.41. The lowest BCUT2D eigenvalue weighted by atomic mass is 10.1. The molecule has 0 unspecified atom stereocenters. The lowest BCUT2D eigenvalue weighted by molar-refractivity contribution is 0.318. The minimum absolute atomic E-state index is 0.175. The number of benzene rings is 2. The first-order valence-electron chi connectivity index (χ1n) is 10.9. The quantitative estimate of drug-likeness (QED) is 0.320. The van der Waals surface area contributed by atoms with Gasteiger partial charge in [0.15, 0.2) is 0 Å². The molecule has 0 atom stereocenters. The number of rotatable bonds is 10. The molecule has 0 fully saturated rings. The van der Waals surface area contributed by atoms with Crippen LogP contribution in [0.4, 0.5) is 23.1 Å². The molecule has 34 heavy (non-hydrogen) atoms. The second-order valence-corrected chi connectivity index (χ2v) is 10.5. The van der Waals surface area contributed by atoms with Crippen molar-refractivity contribution in [1.82, 2.24) is 20.0 Å². The molecule has 0 spiro atoms. The number of hydrogen-bond donors (Lipinski definition) is 4. The number of aryl methyl sites for hydroxylation is 1. The van der Waals surface area contributed by atoms with Crippen molar-refractivity contribution in [2.45, 2.75) is 38.1 Å². The maximum atomic E-state index is 12.7. The van der Waals surface area contributed by atoms with E-state index in [0.29, 0.717) is 24.1 Å². The van der Waals surface area contributed by atoms with Crippen molar-refractivity contribution in [1.29, 1.82) is 0 Å². The molecule has 0 saturated heterocycles. The maximum Gasteiger partial charge on any atom is 0.241 e. The van der Waals surface area contributed by atoms with Gasteiger partial charge in [-0.25, -0.2) is 18.1 Å². The number of sulfonamides is 1. The molecule has 0 amide bonds. The van der Waals surface area contributed by atoms with Gasteiger partial charge in [0.1, 0.15) is 18.2 Å². The standard InChI is InChI=1S/C24H32N6O3S/c1-17-16-26-23(28-18-9-11-20(12-10-18)33-14-13-25-5)29-22(17)27-19-7-6-8-21(15-19)34(31,32)30-24(2,3)4/h6-12,15-16,25,30H,13-14H2,1-5H3,(H2,26,27,28,29). The molecule has 10 heteroatoms. The number of ether oxygens (including phenoxy) is 1. The summed E-state index contributed by atoms with van der Waals surface area (Å²) in [6, 6.07) is 14.2. The Kier molecular flexibility index (Phi) is 8.08. The molecule has 0 aliphatic carbocycles. The van der Waals surface area contributed by atoms with Gasteiger partial charge in [0.2, 0.25) is 16.0 Å². The Morgan fingerprint density at radius 2 is 1.74 bits per heavy atom. The monoisotopic (exact) mass is 484 g/mol. The summed E-state index contributed by atoms with van der Waals surface area (Å²) in [5.74, 6) is 1.77. The minimum Gasteiger partial charge on any atom is -0.492 e. The fourth-order valence-corrected chi connectivity index (χ4v) is 4.47. The van der Waals surface area contributed by atoms with Crippen LogP contribution in [0.1, 0.15) is 26.3 Å². The maximum absolute atomic E-state index is 12.7. The van der Waals surface area contributed by atoms with Crippen LogP contribution < -0.4 is 25.4 Å². The van der Waals surface area contributed by atoms with E-state index < -0.39 is 15.6 Å². The zero-order valence-corrected chi connectivity index (χ0v) is 21.0. The first-order chi connectivity index (χ1) is 16.1. The van der Waals surface area contributed by atoms with E-state index in [2.05, 4.69) is 30.6 Å². The van der Waals surface area contributed by atoms with Gasteiger partial charge >= 0.3 is 0 Å². The summed E-state index contributed by atoms with van der Waals surface area (Å²) in [4.78, 5) is 9.08. The van der Waals surface area contributed by atoms with E-state index in [1.54, 1.807) is 51.2 Å². The van der Waals surface area contributed by atoms with Gasteiger partial charge in [-0.3, -0.25) is 0 Å². The van der Waals surface area contributed by atoms with E-state index in [1.807, 2.05) is 38.2 Å². The molecule has 0 saturated carbocycles. The third-order valence-electron chi connectivity index (χ3n) is 4.55. The van der Waals surface area contributed by atoms with Gasteiger partial charge in [-0.1, -0.05) is 6.07 Å². The molecule has 1 heterocycles. The van der Waals surface area contributed by atoms with Gasteiger partial charge < -0.3 is 20.7 Å². The van der Waals surface area contributed by atoms with Crippen molar-refractivity contribution in [3.05, 3.63) is 60.3 Å². The molecule has 0 radical (unpaired) electrons. The normalized spacial score (nSPS) is 11.8. The number of anilines is 4. The van der Waals surface area contributed by atoms with Crippen molar-refractivity contribution in [2.75, 3.05) is 30.8 Å². The van der Waals surface area contributed by atoms with Crippen LogP contribution in [-0.2, 0) is 10.0 Å². The molecule has 1 aromatic heterocycles. The van der Waals surface area contributed by atoms with Crippen molar-refractivity contribution in [2.24, 2.45) is 0 Å². The zero-order chi connectivity index (χ0) is 24.8. The zero-order valence-electron chi connectivity index (χ0n) is 20.1. The molecular formula is C24H32N6O3S. The van der Waals surface area contributed by atoms with E-state index in [4.69, 9.17) is 4.74 Å². The summed E-state index contributed by atoms with van der Waals surface area (Å²) in [5.41, 5.74) is 1.66. The highest BCUT2D eigenvalue weighted by Gasteiger charge is 2.22. The van der Waals surface area contributed by atoms with E-state index in [9.17, 15) is 8.42 Å². The molecule has 0 bridgehead atoms. The van der Waals surface area contributed by atoms with Crippen LogP contribution in [0.3, 0.4) is 0 Å². The highest BCUT2D eigenvalue weighted by Crippen LogP contribution is 2.24. The van der Waals surface area contributed by atoms with Crippen LogP contribution >= 0.6 is 0 Å². The SMILES string of the molecule is CNCCOc1ccc(Nc2ncc(C)c(Nc3cccc(S(=O)(=O)NC(C)(C)C)c3)n2)cc1. The van der Waals surface area contributed by atoms with Crippen LogP contribution in [-0.4, -0.2) is 44.1 Å². The van der Waals surface area contributed by atoms with Crippen LogP contribution in [0.15, 0.2) is 59.6 Å². The number of nitrogens with zero attached hydrogens (tertiary/aromatic N) is 2. The Labute approximate surface area is 201 Å². The Balaban J connectivity index is 1.74. The predicted octanol–water partition coefficient (Wildman–Crippen LogP) is 3.95. The first-order valence-corrected chi connectivity index (χ1v) is 12.4. The largest absolute Gasteiger partial charge is 0.492 e. The first kappa shape index (κ1) is 25.4. The summed E-state index contributed by atoms with van der Waals surface area (Å²) >= 11 is 0. The average Bonchev–Trinajstić information content (AvgIpc) is 2.76. The Hall–Kier alpha value is -3.21. The second kappa shape index (κ2) is 10.8. The van der Waals surface area contributed by atoms with E-state index >= 15 is 0 Å². The fourth-order valence-electron chi connectivity index (χ4n) is 3.00. The third kappa shape index (κ3) is 7.41. The Morgan fingerprint density at radius 3 is 2.41 bits per heavy atom. The lowest BCUT2D eigenvalue weighted by Crippen LogP contribution is -2.40. The smallest absolute Gasteiger partial charge is 0.241 e. The summed E-state index contributed by atoms with van der Waals surface area (Å²) in [6.07, 6.45) is 1.70. The van der Waals surface area contributed by atoms with Crippen molar-refractivity contribution >= 4 is 33.2 Å². The van der Waals surface area contributed by atoms with Gasteiger partial charge in [0, 0.05) is 35.2 Å². The molecule has 0 aliphatic heterocycles. The van der Waals surface area contributed by atoms with Gasteiger partial charge in [-0.2, -0.15) is 4.98 Å². The van der Waals surface area contributed by atoms with E-state index in [-0.39, 0.29) is 4.90 Å². The number of nitrogens with one attached hydrogen (secondary N) is 4. The van der Waals surface area contributed by atoms with Crippen LogP contribution in [0.2, 0.25) is 0 Å². The van der Waals surface area contributed by atoms with E-state index in [1.165, 1.54) is 0 Å². The highest BCUT2D eigenvalue weighted by atomic mass is 32.2. The lowest BCUT2D eigenvalue weighted by Gasteiger charge is -2.20. The van der Waals surface area contributed by atoms with Gasteiger partial charge in [-0.15, -0.1) is 0 Å². The molecule has 3 aromatic rings. The molecule has 4 N–H and O–H groups in total. The Morgan fingerprint density at radius 1 is 1.00 bits per heavy atom. The molecule has 9 nitrogen and oxygen atoms in total. The third-order valence-corrected chi connectivity index (χ3v) is 6.31. The Bertz CT molecular complexity index is 1210. The molecule has 0 aliphatic rings. The van der Waals surface area contributed by atoms with Crippen LogP contribution in [0.5, 0.6) is 5.75 Å². The van der Waals surface area contributed by atoms with Crippen LogP contribution in [0.25, 0.3) is 0 Å². The number of likely N-dealkylation sites (N-methyl/N-ethyl adjacent to an activating group) is 1. The summed E-state index contributed by atoms with van der Waals surface area (Å²) in [6.45, 7) is 8.65. The topological polar surface area (TPSA) is 117 Å². The highest BCUT2D eigenvalue weighted by molar-refractivity contribution is 7.89.